The predicted molar refractivity (Wildman–Crippen MR) is 155 cm³/mol. The van der Waals surface area contributed by atoms with E-state index in [9.17, 15) is 19.2 Å². The normalized spacial score (nSPS) is 23.3. The lowest BCUT2D eigenvalue weighted by atomic mass is 9.84. The first-order chi connectivity index (χ1) is 19.2. The summed E-state index contributed by atoms with van der Waals surface area (Å²) in [5, 5.41) is 17.3. The molecule has 2 aliphatic carbocycles. The van der Waals surface area contributed by atoms with Gasteiger partial charge < -0.3 is 19.7 Å². The van der Waals surface area contributed by atoms with Crippen molar-refractivity contribution in [3.05, 3.63) is 24.3 Å². The molecule has 0 aromatic carbocycles. The second-order valence-electron chi connectivity index (χ2n) is 11.0. The highest BCUT2D eigenvalue weighted by Crippen LogP contribution is 2.29. The zero-order valence-electron chi connectivity index (χ0n) is 25.0. The predicted octanol–water partition coefficient (Wildman–Crippen LogP) is 6.83. The lowest BCUT2D eigenvalue weighted by Crippen LogP contribution is -2.34. The van der Waals surface area contributed by atoms with Crippen LogP contribution in [-0.2, 0) is 28.7 Å². The number of hydrogen-bond donors (Lipinski definition) is 2. The van der Waals surface area contributed by atoms with Crippen LogP contribution in [0.5, 0.6) is 0 Å². The SMILES string of the molecule is CCCCC(CC)COC(=O)C1C=CCCC1C(=O)OCC(CC)CCCC.O=C(O)C1C=CCCC1C(=O)O. The van der Waals surface area contributed by atoms with E-state index >= 15 is 0 Å². The fraction of sp³-hybridized carbons (Fsp3) is 0.750. The minimum absolute atomic E-state index is 0.237. The standard InChI is InChI=1S/C24H42O4.C8H10O4/c1-5-9-13-19(7-3)17-27-23(25)21-15-11-12-16-22(21)24(26)28-18-20(8-4)14-10-6-2;9-7(10)5-3-1-2-4-6(5)8(11)12/h11,15,19-22H,5-10,12-14,16-18H2,1-4H3;1,3,5-6H,2,4H2,(H,9,10)(H,11,12). The van der Waals surface area contributed by atoms with Gasteiger partial charge in [-0.25, -0.2) is 0 Å². The molecule has 0 aromatic rings. The molecule has 0 saturated heterocycles. The number of rotatable bonds is 16. The van der Waals surface area contributed by atoms with Crippen molar-refractivity contribution in [2.75, 3.05) is 13.2 Å². The van der Waals surface area contributed by atoms with Gasteiger partial charge in [0.25, 0.3) is 0 Å². The molecule has 40 heavy (non-hydrogen) atoms. The van der Waals surface area contributed by atoms with Gasteiger partial charge >= 0.3 is 23.9 Å². The summed E-state index contributed by atoms with van der Waals surface area (Å²) >= 11 is 0. The number of unbranched alkanes of at least 4 members (excludes halogenated alkanes) is 2. The molecule has 6 atom stereocenters. The van der Waals surface area contributed by atoms with Gasteiger partial charge in [-0.3, -0.25) is 19.2 Å². The number of allylic oxidation sites excluding steroid dienone is 2. The smallest absolute Gasteiger partial charge is 0.313 e. The Morgan fingerprint density at radius 3 is 1.60 bits per heavy atom. The summed E-state index contributed by atoms with van der Waals surface area (Å²) in [5.41, 5.74) is 0. The van der Waals surface area contributed by atoms with E-state index in [1.165, 1.54) is 6.08 Å². The number of aliphatic carboxylic acids is 2. The molecule has 2 aliphatic rings. The monoisotopic (exact) mass is 564 g/mol. The third-order valence-corrected chi connectivity index (χ3v) is 8.03. The summed E-state index contributed by atoms with van der Waals surface area (Å²) in [6.07, 6.45) is 18.4. The number of ether oxygens (including phenoxy) is 2. The van der Waals surface area contributed by atoms with Gasteiger partial charge in [-0.15, -0.1) is 0 Å². The van der Waals surface area contributed by atoms with Crippen molar-refractivity contribution in [1.82, 2.24) is 0 Å². The van der Waals surface area contributed by atoms with Gasteiger partial charge in [-0.2, -0.15) is 0 Å². The lowest BCUT2D eigenvalue weighted by Gasteiger charge is -2.26. The van der Waals surface area contributed by atoms with Crippen molar-refractivity contribution < 1.29 is 38.9 Å². The number of carbonyl (C=O) groups is 4. The van der Waals surface area contributed by atoms with E-state index in [-0.39, 0.29) is 11.9 Å². The summed E-state index contributed by atoms with van der Waals surface area (Å²) in [4.78, 5) is 46.5. The highest BCUT2D eigenvalue weighted by atomic mass is 16.5. The molecule has 2 rings (SSSR count). The van der Waals surface area contributed by atoms with E-state index in [4.69, 9.17) is 19.7 Å². The Labute approximate surface area is 240 Å². The maximum absolute atomic E-state index is 12.7. The number of carboxylic acids is 2. The Kier molecular flexibility index (Phi) is 17.9. The molecule has 2 N–H and O–H groups in total. The summed E-state index contributed by atoms with van der Waals surface area (Å²) in [7, 11) is 0. The Balaban J connectivity index is 0.000000552. The van der Waals surface area contributed by atoms with E-state index < -0.39 is 35.6 Å². The molecule has 0 amide bonds. The summed E-state index contributed by atoms with van der Waals surface area (Å²) in [6.45, 7) is 9.54. The molecular weight excluding hydrogens is 512 g/mol. The van der Waals surface area contributed by atoms with Crippen LogP contribution in [0.1, 0.15) is 105 Å². The topological polar surface area (TPSA) is 127 Å². The summed E-state index contributed by atoms with van der Waals surface area (Å²) in [6, 6.07) is 0. The van der Waals surface area contributed by atoms with Crippen molar-refractivity contribution in [1.29, 1.82) is 0 Å². The fourth-order valence-corrected chi connectivity index (χ4v) is 5.10. The zero-order chi connectivity index (χ0) is 29.9. The third kappa shape index (κ3) is 12.7. The van der Waals surface area contributed by atoms with Crippen LogP contribution < -0.4 is 0 Å². The van der Waals surface area contributed by atoms with Crippen LogP contribution in [0.25, 0.3) is 0 Å². The summed E-state index contributed by atoms with van der Waals surface area (Å²) in [5.74, 6) is -4.28. The van der Waals surface area contributed by atoms with E-state index in [1.54, 1.807) is 6.08 Å². The van der Waals surface area contributed by atoms with E-state index in [0.717, 1.165) is 57.8 Å². The molecule has 0 heterocycles. The second-order valence-corrected chi connectivity index (χ2v) is 11.0. The third-order valence-electron chi connectivity index (χ3n) is 8.03. The number of hydrogen-bond acceptors (Lipinski definition) is 6. The van der Waals surface area contributed by atoms with Gasteiger partial charge in [-0.1, -0.05) is 90.5 Å². The van der Waals surface area contributed by atoms with Crippen LogP contribution in [0.15, 0.2) is 24.3 Å². The highest BCUT2D eigenvalue weighted by molar-refractivity contribution is 5.84. The molecule has 0 fully saturated rings. The van der Waals surface area contributed by atoms with E-state index in [0.29, 0.717) is 44.3 Å². The van der Waals surface area contributed by atoms with E-state index in [1.807, 2.05) is 12.2 Å². The molecule has 6 unspecified atom stereocenters. The number of carbonyl (C=O) groups excluding carboxylic acids is 2. The fourth-order valence-electron chi connectivity index (χ4n) is 5.10. The van der Waals surface area contributed by atoms with Crippen LogP contribution in [0, 0.1) is 35.5 Å². The first kappa shape index (κ1) is 35.4. The van der Waals surface area contributed by atoms with Crippen molar-refractivity contribution >= 4 is 23.9 Å². The summed E-state index contributed by atoms with van der Waals surface area (Å²) < 4.78 is 11.2. The van der Waals surface area contributed by atoms with Crippen LogP contribution in [0.2, 0.25) is 0 Å². The van der Waals surface area contributed by atoms with Crippen LogP contribution in [-0.4, -0.2) is 47.3 Å². The van der Waals surface area contributed by atoms with Crippen LogP contribution in [0.4, 0.5) is 0 Å². The maximum atomic E-state index is 12.7. The number of carboxylic acid groups (broad SMARTS) is 2. The average molecular weight is 565 g/mol. The van der Waals surface area contributed by atoms with Gasteiger partial charge in [0.15, 0.2) is 0 Å². The lowest BCUT2D eigenvalue weighted by molar-refractivity contribution is -0.161. The van der Waals surface area contributed by atoms with Crippen LogP contribution in [0.3, 0.4) is 0 Å². The van der Waals surface area contributed by atoms with Crippen molar-refractivity contribution in [2.24, 2.45) is 35.5 Å². The van der Waals surface area contributed by atoms with Gasteiger partial charge in [-0.05, 0) is 50.4 Å². The van der Waals surface area contributed by atoms with Crippen molar-refractivity contribution in [3.8, 4) is 0 Å². The van der Waals surface area contributed by atoms with Crippen LogP contribution >= 0.6 is 0 Å². The largest absolute Gasteiger partial charge is 0.481 e. The Morgan fingerprint density at radius 1 is 0.700 bits per heavy atom. The van der Waals surface area contributed by atoms with Crippen molar-refractivity contribution in [2.45, 2.75) is 105 Å². The molecule has 0 aliphatic heterocycles. The van der Waals surface area contributed by atoms with Gasteiger partial charge in [0.1, 0.15) is 0 Å². The average Bonchev–Trinajstić information content (AvgIpc) is 2.97. The molecule has 8 nitrogen and oxygen atoms in total. The molecule has 0 spiro atoms. The van der Waals surface area contributed by atoms with Gasteiger partial charge in [0.2, 0.25) is 0 Å². The van der Waals surface area contributed by atoms with Crippen molar-refractivity contribution in [3.63, 3.8) is 0 Å². The number of esters is 2. The second kappa shape index (κ2) is 20.3. The molecule has 0 bridgehead atoms. The first-order valence-electron chi connectivity index (χ1n) is 15.3. The minimum atomic E-state index is -1.06. The highest BCUT2D eigenvalue weighted by Gasteiger charge is 2.36. The quantitative estimate of drug-likeness (QED) is 0.154. The maximum Gasteiger partial charge on any atom is 0.313 e. The molecule has 0 radical (unpaired) electrons. The molecule has 0 aromatic heterocycles. The Morgan fingerprint density at radius 2 is 1.18 bits per heavy atom. The molecular formula is C32H52O8. The van der Waals surface area contributed by atoms with Gasteiger partial charge in [0, 0.05) is 0 Å². The Bertz CT molecular complexity index is 833. The molecule has 8 heteroatoms. The zero-order valence-corrected chi connectivity index (χ0v) is 25.0. The molecule has 228 valence electrons. The minimum Gasteiger partial charge on any atom is -0.481 e. The van der Waals surface area contributed by atoms with Gasteiger partial charge in [0.05, 0.1) is 36.9 Å². The molecule has 0 saturated carbocycles. The Hall–Kier alpha value is -2.64. The first-order valence-corrected chi connectivity index (χ1v) is 15.3. The van der Waals surface area contributed by atoms with E-state index in [2.05, 4.69) is 27.7 Å².